The van der Waals surface area contributed by atoms with Crippen LogP contribution in [-0.2, 0) is 35.2 Å². The summed E-state index contributed by atoms with van der Waals surface area (Å²) in [6.07, 6.45) is 3.35. The minimum atomic E-state index is -2.13. The number of carboxylic acid groups (broad SMARTS) is 1. The van der Waals surface area contributed by atoms with Gasteiger partial charge in [-0.3, -0.25) is 29.0 Å². The minimum Gasteiger partial charge on any atom is -0.480 e. The molecule has 4 aliphatic rings. The van der Waals surface area contributed by atoms with Gasteiger partial charge in [0, 0.05) is 45.9 Å². The molecule has 0 aliphatic heterocycles. The van der Waals surface area contributed by atoms with Gasteiger partial charge in [0.1, 0.15) is 18.2 Å². The maximum Gasteiger partial charge on any atom is 0.508 e. The number of carbonyl (C=O) groups excluding carboxylic acids is 5. The van der Waals surface area contributed by atoms with Gasteiger partial charge in [0.05, 0.1) is 37.2 Å². The molecule has 7 rings (SSSR count). The monoisotopic (exact) mass is 1020 g/mol. The Morgan fingerprint density at radius 3 is 2.52 bits per heavy atom. The fourth-order valence-electron chi connectivity index (χ4n) is 11.0. The quantitative estimate of drug-likeness (QED) is 0.0446. The van der Waals surface area contributed by atoms with Crippen molar-refractivity contribution in [3.8, 4) is 0 Å². The van der Waals surface area contributed by atoms with E-state index < -0.39 is 107 Å². The number of Topliss-reactive ketones (excluding diaryl/α,β-unsaturated/α-hetero) is 1. The Labute approximate surface area is 414 Å². The number of H-pyrrole nitrogens is 1. The van der Waals surface area contributed by atoms with Crippen molar-refractivity contribution in [2.24, 2.45) is 28.6 Å². The summed E-state index contributed by atoms with van der Waals surface area (Å²) in [6, 6.07) is 4.01. The molecular weight excluding hydrogens is 968 g/mol. The van der Waals surface area contributed by atoms with Crippen LogP contribution in [0.4, 0.5) is 20.8 Å². The van der Waals surface area contributed by atoms with E-state index in [9.17, 15) is 54.0 Å². The number of aliphatic carboxylic acids is 1. The number of carboxylic acids is 1. The van der Waals surface area contributed by atoms with E-state index in [0.717, 1.165) is 0 Å². The van der Waals surface area contributed by atoms with Crippen molar-refractivity contribution in [3.05, 3.63) is 75.9 Å². The summed E-state index contributed by atoms with van der Waals surface area (Å²) >= 11 is 0. The van der Waals surface area contributed by atoms with Crippen LogP contribution < -0.4 is 27.2 Å². The number of allylic oxidation sites excluding steroid dienone is 4. The maximum atomic E-state index is 17.5. The summed E-state index contributed by atoms with van der Waals surface area (Å²) in [5.41, 5.74) is 0.286. The highest BCUT2D eigenvalue weighted by atomic mass is 33.1. The van der Waals surface area contributed by atoms with Crippen LogP contribution in [0.1, 0.15) is 75.3 Å². The van der Waals surface area contributed by atoms with Gasteiger partial charge in [-0.15, -0.1) is 0 Å². The summed E-state index contributed by atoms with van der Waals surface area (Å²) in [7, 11) is 2.50. The number of halogens is 1. The number of nitrogens with one attached hydrogen (secondary N) is 4. The molecule has 0 radical (unpaired) electrons. The van der Waals surface area contributed by atoms with Crippen LogP contribution in [0.3, 0.4) is 0 Å². The van der Waals surface area contributed by atoms with E-state index in [1.165, 1.54) is 58.1 Å². The van der Waals surface area contributed by atoms with E-state index in [-0.39, 0.29) is 72.4 Å². The number of aliphatic hydroxyl groups excluding tert-OH is 2. The van der Waals surface area contributed by atoms with E-state index in [1.54, 1.807) is 32.9 Å². The topological polar surface area (TPSA) is 335 Å². The lowest BCUT2D eigenvalue weighted by atomic mass is 9.44. The lowest BCUT2D eigenvalue weighted by molar-refractivity contribution is -0.219. The summed E-state index contributed by atoms with van der Waals surface area (Å²) in [4.78, 5) is 103. The fraction of sp³-hybridized carbons (Fsp3) is 0.532. The zero-order valence-electron chi connectivity index (χ0n) is 39.1. The molecule has 382 valence electrons. The number of ketones is 2. The minimum absolute atomic E-state index is 0.0221. The van der Waals surface area contributed by atoms with Crippen LogP contribution >= 0.6 is 21.6 Å². The number of benzene rings is 1. The third kappa shape index (κ3) is 10.5. The number of nitrogens with zero attached hydrogens (tertiary/aromatic N) is 3. The molecule has 21 nitrogen and oxygen atoms in total. The average Bonchev–Trinajstić information content (AvgIpc) is 3.53. The lowest BCUT2D eigenvalue weighted by Gasteiger charge is -2.62. The van der Waals surface area contributed by atoms with E-state index in [0.29, 0.717) is 36.2 Å². The highest BCUT2D eigenvalue weighted by Gasteiger charge is 2.75. The largest absolute Gasteiger partial charge is 0.508 e. The number of aromatic nitrogens is 4. The Morgan fingerprint density at radius 2 is 1.80 bits per heavy atom. The molecule has 3 aromatic rings. The number of anilines is 2. The third-order valence-corrected chi connectivity index (χ3v) is 17.1. The van der Waals surface area contributed by atoms with Crippen LogP contribution in [0.15, 0.2) is 59.1 Å². The number of aliphatic hydroxyl groups is 3. The van der Waals surface area contributed by atoms with E-state index in [4.69, 9.17) is 15.2 Å². The van der Waals surface area contributed by atoms with Crippen molar-refractivity contribution in [1.82, 2.24) is 30.6 Å². The van der Waals surface area contributed by atoms with Gasteiger partial charge in [-0.1, -0.05) is 47.1 Å². The Bertz CT molecular complexity index is 2690. The van der Waals surface area contributed by atoms with Crippen LogP contribution in [0.2, 0.25) is 0 Å². The molecule has 0 spiro atoms. The zero-order valence-corrected chi connectivity index (χ0v) is 40.8. The first-order chi connectivity index (χ1) is 33.6. The first-order valence-electron chi connectivity index (χ1n) is 23.0. The molecule has 0 bridgehead atoms. The number of alkyl halides is 1. The van der Waals surface area contributed by atoms with Crippen molar-refractivity contribution in [2.45, 2.75) is 95.3 Å². The number of amides is 2. The van der Waals surface area contributed by atoms with E-state index in [1.807, 2.05) is 0 Å². The molecule has 10 atom stereocenters. The SMILES string of the molecule is CC1CC2C3CCC4=CC(=O)C=CC4(C)C3(F)C(O)CC2(C)C1(O)C(=O)COC(=O)OCCSSCC(CO)NC(=O)CCC(NC(=O)c1ccc(NCc2cnc3nc(N)[nH]c(=O)c3n2)cc1)C(=O)O. The second-order valence-electron chi connectivity index (χ2n) is 18.9. The van der Waals surface area contributed by atoms with Gasteiger partial charge < -0.3 is 51.6 Å². The number of carbonyl (C=O) groups is 6. The van der Waals surface area contributed by atoms with Gasteiger partial charge in [-0.25, -0.2) is 23.9 Å². The van der Waals surface area contributed by atoms with Crippen LogP contribution in [0.5, 0.6) is 0 Å². The van der Waals surface area contributed by atoms with Crippen molar-refractivity contribution >= 4 is 79.9 Å². The molecule has 2 amide bonds. The van der Waals surface area contributed by atoms with Crippen molar-refractivity contribution < 1.29 is 63.1 Å². The molecule has 71 heavy (non-hydrogen) atoms. The molecule has 24 heteroatoms. The summed E-state index contributed by atoms with van der Waals surface area (Å²) < 4.78 is 27.7. The predicted octanol–water partition coefficient (Wildman–Crippen LogP) is 2.80. The van der Waals surface area contributed by atoms with Gasteiger partial charge in [-0.2, -0.15) is 4.98 Å². The smallest absolute Gasteiger partial charge is 0.480 e. The number of nitrogens with two attached hydrogens (primary N) is 1. The van der Waals surface area contributed by atoms with E-state index in [2.05, 4.69) is 35.9 Å². The number of hydrogen-bond acceptors (Lipinski definition) is 19. The molecule has 3 saturated carbocycles. The molecule has 10 N–H and O–H groups in total. The number of nitrogen functional groups attached to an aromatic ring is 1. The number of hydrogen-bond donors (Lipinski definition) is 9. The Kier molecular flexibility index (Phi) is 15.9. The van der Waals surface area contributed by atoms with Gasteiger partial charge in [0.25, 0.3) is 11.5 Å². The Balaban J connectivity index is 0.788. The number of rotatable bonds is 20. The molecule has 0 saturated heterocycles. The average molecular weight is 1030 g/mol. The van der Waals surface area contributed by atoms with Gasteiger partial charge in [0.15, 0.2) is 29.2 Å². The van der Waals surface area contributed by atoms with Crippen molar-refractivity contribution in [2.75, 3.05) is 42.4 Å². The Hall–Kier alpha value is -5.95. The van der Waals surface area contributed by atoms with Gasteiger partial charge in [0.2, 0.25) is 17.6 Å². The van der Waals surface area contributed by atoms with Crippen LogP contribution in [0.25, 0.3) is 11.2 Å². The molecule has 4 aliphatic carbocycles. The highest BCUT2D eigenvalue weighted by Crippen LogP contribution is 2.70. The Morgan fingerprint density at radius 1 is 1.06 bits per heavy atom. The summed E-state index contributed by atoms with van der Waals surface area (Å²) in [5, 5.41) is 51.5. The second kappa shape index (κ2) is 21.4. The lowest BCUT2D eigenvalue weighted by Crippen LogP contribution is -2.69. The molecule has 2 aromatic heterocycles. The summed E-state index contributed by atoms with van der Waals surface area (Å²) in [5.74, 6) is -5.07. The van der Waals surface area contributed by atoms with Crippen molar-refractivity contribution in [3.63, 3.8) is 0 Å². The van der Waals surface area contributed by atoms with Crippen LogP contribution in [0, 0.1) is 28.6 Å². The number of aromatic amines is 1. The maximum absolute atomic E-state index is 17.5. The fourth-order valence-corrected chi connectivity index (χ4v) is 13.0. The zero-order chi connectivity index (χ0) is 51.5. The normalized spacial score (nSPS) is 28.3. The number of fused-ring (bicyclic) bond motifs is 6. The summed E-state index contributed by atoms with van der Waals surface area (Å²) in [6.45, 7) is 3.87. The van der Waals surface area contributed by atoms with Gasteiger partial charge in [-0.05, 0) is 87.3 Å². The molecule has 2 heterocycles. The first-order valence-corrected chi connectivity index (χ1v) is 25.5. The van der Waals surface area contributed by atoms with Crippen LogP contribution in [-0.4, -0.2) is 137 Å². The molecular formula is C47H57FN8O13S2. The standard InChI is InChI=1S/C47H57FN8O13S2/c1-24-16-32-31-9-6-26-17-30(58)12-13-44(26,2)46(31,48)34(59)18-45(32,3)47(24,67)35(60)22-69-43(66)68-14-15-70-71-23-29(21-57)52-36(61)11-10-33(41(64)65)54-39(62)25-4-7-27(8-5-25)50-19-28-20-51-38-37(53-28)40(63)56-42(49)55-38/h4-5,7-8,12-13,17,20,24,29,31-34,50,57,59,67H,6,9-11,14-16,18-19,21-23H2,1-3H3,(H,52,61)(H,54,62)(H,64,65)(H3,49,51,55,56,63). The molecule has 1 aromatic carbocycles. The highest BCUT2D eigenvalue weighted by molar-refractivity contribution is 8.76. The first kappa shape index (κ1) is 52.9. The molecule has 3 fully saturated rings. The molecule has 10 unspecified atom stereocenters. The predicted molar refractivity (Wildman–Crippen MR) is 258 cm³/mol. The second-order valence-corrected chi connectivity index (χ2v) is 21.5. The van der Waals surface area contributed by atoms with E-state index >= 15 is 4.39 Å². The third-order valence-electron chi connectivity index (χ3n) is 14.7. The van der Waals surface area contributed by atoms with Gasteiger partial charge >= 0.3 is 12.1 Å². The number of ether oxygens (including phenoxy) is 2. The van der Waals surface area contributed by atoms with Crippen molar-refractivity contribution in [1.29, 1.82) is 0 Å².